The molecule has 0 N–H and O–H groups in total. The number of fused-ring (bicyclic) bond motifs is 1. The van der Waals surface area contributed by atoms with Gasteiger partial charge in [-0.15, -0.1) is 0 Å². The van der Waals surface area contributed by atoms with Gasteiger partial charge in [-0.1, -0.05) is 54.0 Å². The number of halogens is 1. The second-order valence-corrected chi connectivity index (χ2v) is 5.84. The Morgan fingerprint density at radius 1 is 0.842 bits per heavy atom. The van der Waals surface area contributed by atoms with E-state index in [2.05, 4.69) is 22.6 Å². The SMILES string of the molecule is O=C1c2ccccc2C(=O)N1CCCCCCCI. The maximum Gasteiger partial charge on any atom is 0.261 e. The van der Waals surface area contributed by atoms with Crippen LogP contribution in [-0.2, 0) is 0 Å². The molecular weight excluding hydrogens is 353 g/mol. The van der Waals surface area contributed by atoms with Crippen molar-refractivity contribution in [3.8, 4) is 0 Å². The molecule has 1 heterocycles. The number of carbonyl (C=O) groups excluding carboxylic acids is 2. The van der Waals surface area contributed by atoms with Crippen LogP contribution in [0.5, 0.6) is 0 Å². The average Bonchev–Trinajstić information content (AvgIpc) is 2.68. The molecule has 0 spiro atoms. The standard InChI is InChI=1S/C15H18INO2/c16-10-6-2-1-3-7-11-17-14(18)12-8-4-5-9-13(12)15(17)19/h4-5,8-9H,1-3,6-7,10-11H2. The van der Waals surface area contributed by atoms with E-state index in [0.29, 0.717) is 17.7 Å². The van der Waals surface area contributed by atoms with Crippen LogP contribution < -0.4 is 0 Å². The molecule has 4 heteroatoms. The van der Waals surface area contributed by atoms with Crippen LogP contribution in [0.15, 0.2) is 24.3 Å². The zero-order valence-corrected chi connectivity index (χ0v) is 13.1. The van der Waals surface area contributed by atoms with Crippen molar-refractivity contribution in [2.45, 2.75) is 32.1 Å². The van der Waals surface area contributed by atoms with Crippen LogP contribution >= 0.6 is 22.6 Å². The fourth-order valence-corrected chi connectivity index (χ4v) is 2.88. The summed E-state index contributed by atoms with van der Waals surface area (Å²) in [5.74, 6) is -0.263. The predicted octanol–water partition coefficient (Wildman–Crippen LogP) is 3.67. The molecular formula is C15H18INO2. The van der Waals surface area contributed by atoms with Crippen LogP contribution in [-0.4, -0.2) is 27.7 Å². The first kappa shape index (κ1) is 14.5. The highest BCUT2D eigenvalue weighted by molar-refractivity contribution is 14.1. The molecule has 2 rings (SSSR count). The van der Waals surface area contributed by atoms with Crippen LogP contribution in [0.25, 0.3) is 0 Å². The zero-order chi connectivity index (χ0) is 13.7. The monoisotopic (exact) mass is 371 g/mol. The molecule has 3 nitrogen and oxygen atoms in total. The number of hydrogen-bond donors (Lipinski definition) is 0. The summed E-state index contributed by atoms with van der Waals surface area (Å²) >= 11 is 2.39. The summed E-state index contributed by atoms with van der Waals surface area (Å²) in [6, 6.07) is 7.07. The van der Waals surface area contributed by atoms with Crippen LogP contribution in [0.1, 0.15) is 52.8 Å². The lowest BCUT2D eigenvalue weighted by atomic mass is 10.1. The predicted molar refractivity (Wildman–Crippen MR) is 83.8 cm³/mol. The number of rotatable bonds is 7. The second kappa shape index (κ2) is 7.03. The zero-order valence-electron chi connectivity index (χ0n) is 10.9. The summed E-state index contributed by atoms with van der Waals surface area (Å²) in [5, 5.41) is 0. The first-order valence-corrected chi connectivity index (χ1v) is 8.29. The van der Waals surface area contributed by atoms with Gasteiger partial charge in [0.1, 0.15) is 0 Å². The van der Waals surface area contributed by atoms with Crippen LogP contribution in [0, 0.1) is 0 Å². The molecule has 0 unspecified atom stereocenters. The molecule has 0 saturated carbocycles. The van der Waals surface area contributed by atoms with Crippen LogP contribution in [0.4, 0.5) is 0 Å². The molecule has 2 amide bonds. The summed E-state index contributed by atoms with van der Waals surface area (Å²) < 4.78 is 1.20. The highest BCUT2D eigenvalue weighted by atomic mass is 127. The molecule has 19 heavy (non-hydrogen) atoms. The molecule has 0 atom stereocenters. The van der Waals surface area contributed by atoms with Crippen LogP contribution in [0.2, 0.25) is 0 Å². The number of unbranched alkanes of at least 4 members (excludes halogenated alkanes) is 4. The highest BCUT2D eigenvalue weighted by Gasteiger charge is 2.34. The van der Waals surface area contributed by atoms with Gasteiger partial charge in [0.05, 0.1) is 11.1 Å². The lowest BCUT2D eigenvalue weighted by Gasteiger charge is -2.13. The molecule has 0 saturated heterocycles. The van der Waals surface area contributed by atoms with E-state index in [1.807, 2.05) is 0 Å². The van der Waals surface area contributed by atoms with E-state index in [-0.39, 0.29) is 11.8 Å². The maximum absolute atomic E-state index is 12.1. The third kappa shape index (κ3) is 3.35. The van der Waals surface area contributed by atoms with Crippen molar-refractivity contribution in [2.24, 2.45) is 0 Å². The van der Waals surface area contributed by atoms with Gasteiger partial charge in [0.25, 0.3) is 11.8 Å². The number of alkyl halides is 1. The van der Waals surface area contributed by atoms with Crippen molar-refractivity contribution in [1.82, 2.24) is 4.90 Å². The number of imide groups is 1. The third-order valence-corrected chi connectivity index (χ3v) is 4.16. The number of nitrogens with zero attached hydrogens (tertiary/aromatic N) is 1. The Hall–Kier alpha value is -0.910. The molecule has 0 aromatic heterocycles. The second-order valence-electron chi connectivity index (χ2n) is 4.76. The van der Waals surface area contributed by atoms with Gasteiger partial charge in [-0.25, -0.2) is 0 Å². The summed E-state index contributed by atoms with van der Waals surface area (Å²) in [5.41, 5.74) is 1.11. The summed E-state index contributed by atoms with van der Waals surface area (Å²) in [6.07, 6.45) is 5.68. The quantitative estimate of drug-likeness (QED) is 0.318. The van der Waals surface area contributed by atoms with E-state index >= 15 is 0 Å². The summed E-state index contributed by atoms with van der Waals surface area (Å²) in [7, 11) is 0. The van der Waals surface area contributed by atoms with E-state index in [4.69, 9.17) is 0 Å². The minimum Gasteiger partial charge on any atom is -0.274 e. The van der Waals surface area contributed by atoms with Gasteiger partial charge in [0, 0.05) is 6.54 Å². The van der Waals surface area contributed by atoms with Gasteiger partial charge in [0.2, 0.25) is 0 Å². The van der Waals surface area contributed by atoms with Gasteiger partial charge in [-0.2, -0.15) is 0 Å². The van der Waals surface area contributed by atoms with Gasteiger partial charge in [0.15, 0.2) is 0 Å². The Morgan fingerprint density at radius 3 is 1.95 bits per heavy atom. The molecule has 0 radical (unpaired) electrons. The van der Waals surface area contributed by atoms with Crippen molar-refractivity contribution in [3.05, 3.63) is 35.4 Å². The minimum absolute atomic E-state index is 0.132. The number of amides is 2. The largest absolute Gasteiger partial charge is 0.274 e. The highest BCUT2D eigenvalue weighted by Crippen LogP contribution is 2.22. The summed E-state index contributed by atoms with van der Waals surface area (Å²) in [4.78, 5) is 25.5. The van der Waals surface area contributed by atoms with E-state index in [1.165, 1.54) is 28.6 Å². The maximum atomic E-state index is 12.1. The Bertz CT molecular complexity index is 438. The molecule has 0 aliphatic carbocycles. The lowest BCUT2D eigenvalue weighted by Crippen LogP contribution is -2.30. The van der Waals surface area contributed by atoms with Gasteiger partial charge >= 0.3 is 0 Å². The van der Waals surface area contributed by atoms with Crippen molar-refractivity contribution < 1.29 is 9.59 Å². The van der Waals surface area contributed by atoms with Crippen molar-refractivity contribution in [2.75, 3.05) is 11.0 Å². The first-order chi connectivity index (χ1) is 9.25. The van der Waals surface area contributed by atoms with Gasteiger partial charge < -0.3 is 0 Å². The molecule has 1 aromatic carbocycles. The Labute approximate surface area is 127 Å². The van der Waals surface area contributed by atoms with E-state index in [9.17, 15) is 9.59 Å². The Kier molecular flexibility index (Phi) is 5.36. The van der Waals surface area contributed by atoms with Crippen molar-refractivity contribution in [3.63, 3.8) is 0 Å². The number of hydrogen-bond acceptors (Lipinski definition) is 2. The van der Waals surface area contributed by atoms with E-state index in [1.54, 1.807) is 24.3 Å². The third-order valence-electron chi connectivity index (χ3n) is 3.39. The topological polar surface area (TPSA) is 37.4 Å². The lowest BCUT2D eigenvalue weighted by molar-refractivity contribution is 0.0651. The molecule has 0 bridgehead atoms. The molecule has 0 fully saturated rings. The van der Waals surface area contributed by atoms with Crippen molar-refractivity contribution in [1.29, 1.82) is 0 Å². The molecule has 1 aliphatic rings. The fraction of sp³-hybridized carbons (Fsp3) is 0.467. The number of benzene rings is 1. The smallest absolute Gasteiger partial charge is 0.261 e. The summed E-state index contributed by atoms with van der Waals surface area (Å²) in [6.45, 7) is 0.552. The van der Waals surface area contributed by atoms with Crippen molar-refractivity contribution >= 4 is 34.4 Å². The normalized spacial score (nSPS) is 14.1. The van der Waals surface area contributed by atoms with E-state index < -0.39 is 0 Å². The molecule has 102 valence electrons. The average molecular weight is 371 g/mol. The minimum atomic E-state index is -0.132. The Balaban J connectivity index is 1.83. The first-order valence-electron chi connectivity index (χ1n) is 6.77. The molecule has 1 aliphatic heterocycles. The Morgan fingerprint density at radius 2 is 1.37 bits per heavy atom. The van der Waals surface area contributed by atoms with Crippen LogP contribution in [0.3, 0.4) is 0 Å². The number of carbonyl (C=O) groups is 2. The van der Waals surface area contributed by atoms with Gasteiger partial charge in [-0.05, 0) is 29.4 Å². The molecule has 1 aromatic rings. The van der Waals surface area contributed by atoms with Gasteiger partial charge in [-0.3, -0.25) is 14.5 Å². The van der Waals surface area contributed by atoms with E-state index in [0.717, 1.165) is 12.8 Å². The fourth-order valence-electron chi connectivity index (χ4n) is 2.34.